The van der Waals surface area contributed by atoms with E-state index in [4.69, 9.17) is 0 Å². The standard InChI is InChI=1S/C11H18BrN3O3/c1-7(2)10-13-8(12)3-9(14-10)15-11(4-16,5-17)6-18/h3,7,16-18H,4-6H2,1-2H3,(H,13,14,15). The highest BCUT2D eigenvalue weighted by molar-refractivity contribution is 9.10. The molecule has 0 radical (unpaired) electrons. The molecular weight excluding hydrogens is 302 g/mol. The van der Waals surface area contributed by atoms with Crippen molar-refractivity contribution in [3.8, 4) is 0 Å². The van der Waals surface area contributed by atoms with Gasteiger partial charge in [-0.1, -0.05) is 13.8 Å². The summed E-state index contributed by atoms with van der Waals surface area (Å²) in [6.07, 6.45) is 0. The Labute approximate surface area is 114 Å². The van der Waals surface area contributed by atoms with Crippen molar-refractivity contribution in [3.63, 3.8) is 0 Å². The molecule has 0 aliphatic rings. The molecule has 0 bridgehead atoms. The van der Waals surface area contributed by atoms with Gasteiger partial charge in [0.1, 0.15) is 21.8 Å². The summed E-state index contributed by atoms with van der Waals surface area (Å²) in [5.74, 6) is 1.22. The third-order valence-corrected chi connectivity index (χ3v) is 2.94. The van der Waals surface area contributed by atoms with E-state index < -0.39 is 25.4 Å². The Kier molecular flexibility index (Phi) is 5.46. The molecule has 1 heterocycles. The van der Waals surface area contributed by atoms with Gasteiger partial charge in [0.15, 0.2) is 0 Å². The lowest BCUT2D eigenvalue weighted by Crippen LogP contribution is -2.49. The fourth-order valence-corrected chi connectivity index (χ4v) is 1.70. The van der Waals surface area contributed by atoms with E-state index in [0.29, 0.717) is 16.2 Å². The van der Waals surface area contributed by atoms with Crippen LogP contribution >= 0.6 is 15.9 Å². The van der Waals surface area contributed by atoms with Crippen LogP contribution in [0, 0.1) is 0 Å². The second-order valence-electron chi connectivity index (χ2n) is 4.47. The summed E-state index contributed by atoms with van der Waals surface area (Å²) in [6, 6.07) is 1.63. The second kappa shape index (κ2) is 6.42. The van der Waals surface area contributed by atoms with Gasteiger partial charge in [0.2, 0.25) is 0 Å². The van der Waals surface area contributed by atoms with Crippen molar-refractivity contribution < 1.29 is 15.3 Å². The Bertz CT molecular complexity index is 389. The van der Waals surface area contributed by atoms with Crippen molar-refractivity contribution in [1.29, 1.82) is 0 Å². The molecule has 0 spiro atoms. The number of aromatic nitrogens is 2. The fraction of sp³-hybridized carbons (Fsp3) is 0.636. The second-order valence-corrected chi connectivity index (χ2v) is 5.28. The number of aliphatic hydroxyl groups excluding tert-OH is 3. The third-order valence-electron chi connectivity index (χ3n) is 2.53. The van der Waals surface area contributed by atoms with E-state index in [-0.39, 0.29) is 5.92 Å². The molecular formula is C11H18BrN3O3. The first-order chi connectivity index (χ1) is 8.46. The van der Waals surface area contributed by atoms with E-state index >= 15 is 0 Å². The highest BCUT2D eigenvalue weighted by Crippen LogP contribution is 2.20. The molecule has 18 heavy (non-hydrogen) atoms. The van der Waals surface area contributed by atoms with Gasteiger partial charge in [0.25, 0.3) is 0 Å². The Morgan fingerprint density at radius 2 is 1.78 bits per heavy atom. The number of aliphatic hydroxyl groups is 3. The van der Waals surface area contributed by atoms with E-state index in [1.165, 1.54) is 0 Å². The fourth-order valence-electron chi connectivity index (χ4n) is 1.30. The monoisotopic (exact) mass is 319 g/mol. The van der Waals surface area contributed by atoms with Crippen LogP contribution in [-0.4, -0.2) is 50.6 Å². The average Bonchev–Trinajstić information content (AvgIpc) is 2.35. The number of rotatable bonds is 6. The molecule has 1 aromatic rings. The van der Waals surface area contributed by atoms with Crippen LogP contribution in [0.2, 0.25) is 0 Å². The minimum absolute atomic E-state index is 0.148. The molecule has 0 atom stereocenters. The van der Waals surface area contributed by atoms with Crippen molar-refractivity contribution in [2.75, 3.05) is 25.1 Å². The average molecular weight is 320 g/mol. The van der Waals surface area contributed by atoms with Gasteiger partial charge in [0.05, 0.1) is 19.8 Å². The normalized spacial score (nSPS) is 11.9. The van der Waals surface area contributed by atoms with E-state index in [0.717, 1.165) is 0 Å². The topological polar surface area (TPSA) is 98.5 Å². The number of hydrogen-bond acceptors (Lipinski definition) is 6. The molecule has 1 rings (SSSR count). The smallest absolute Gasteiger partial charge is 0.134 e. The molecule has 4 N–H and O–H groups in total. The quantitative estimate of drug-likeness (QED) is 0.570. The first-order valence-electron chi connectivity index (χ1n) is 5.61. The van der Waals surface area contributed by atoms with Crippen LogP contribution < -0.4 is 5.32 Å². The minimum Gasteiger partial charge on any atom is -0.394 e. The van der Waals surface area contributed by atoms with Gasteiger partial charge in [-0.2, -0.15) is 0 Å². The van der Waals surface area contributed by atoms with Gasteiger partial charge >= 0.3 is 0 Å². The first kappa shape index (κ1) is 15.3. The number of nitrogens with zero attached hydrogens (tertiary/aromatic N) is 2. The van der Waals surface area contributed by atoms with Crippen molar-refractivity contribution in [3.05, 3.63) is 16.5 Å². The zero-order valence-electron chi connectivity index (χ0n) is 10.4. The predicted octanol–water partition coefficient (Wildman–Crippen LogP) is 0.490. The van der Waals surface area contributed by atoms with Gasteiger partial charge in [-0.25, -0.2) is 9.97 Å². The molecule has 1 aromatic heterocycles. The Hall–Kier alpha value is -0.760. The predicted molar refractivity (Wildman–Crippen MR) is 71.4 cm³/mol. The molecule has 0 saturated carbocycles. The molecule has 102 valence electrons. The van der Waals surface area contributed by atoms with Crippen molar-refractivity contribution in [2.45, 2.75) is 25.3 Å². The summed E-state index contributed by atoms with van der Waals surface area (Å²) in [7, 11) is 0. The van der Waals surface area contributed by atoms with Gasteiger partial charge < -0.3 is 20.6 Å². The van der Waals surface area contributed by atoms with Crippen LogP contribution in [0.3, 0.4) is 0 Å². The molecule has 0 saturated heterocycles. The van der Waals surface area contributed by atoms with Crippen LogP contribution in [0.1, 0.15) is 25.6 Å². The van der Waals surface area contributed by atoms with Crippen LogP contribution in [0.25, 0.3) is 0 Å². The maximum atomic E-state index is 9.25. The van der Waals surface area contributed by atoms with Crippen molar-refractivity contribution in [2.24, 2.45) is 0 Å². The zero-order valence-corrected chi connectivity index (χ0v) is 12.0. The number of halogens is 1. The van der Waals surface area contributed by atoms with Crippen LogP contribution in [-0.2, 0) is 0 Å². The van der Waals surface area contributed by atoms with Gasteiger partial charge in [-0.05, 0) is 15.9 Å². The zero-order chi connectivity index (χ0) is 13.8. The van der Waals surface area contributed by atoms with Crippen LogP contribution in [0.4, 0.5) is 5.82 Å². The van der Waals surface area contributed by atoms with E-state index in [1.807, 2.05) is 13.8 Å². The molecule has 6 nitrogen and oxygen atoms in total. The van der Waals surface area contributed by atoms with E-state index in [1.54, 1.807) is 6.07 Å². The minimum atomic E-state index is -1.19. The Morgan fingerprint density at radius 1 is 1.22 bits per heavy atom. The third kappa shape index (κ3) is 3.61. The highest BCUT2D eigenvalue weighted by atomic mass is 79.9. The summed E-state index contributed by atoms with van der Waals surface area (Å²) >= 11 is 3.28. The molecule has 0 amide bonds. The Balaban J connectivity index is 3.03. The number of hydrogen-bond donors (Lipinski definition) is 4. The molecule has 0 aliphatic heterocycles. The molecule has 7 heteroatoms. The summed E-state index contributed by atoms with van der Waals surface area (Å²) in [4.78, 5) is 8.50. The summed E-state index contributed by atoms with van der Waals surface area (Å²) < 4.78 is 0.603. The molecule has 0 aromatic carbocycles. The van der Waals surface area contributed by atoms with Gasteiger partial charge in [0, 0.05) is 12.0 Å². The first-order valence-corrected chi connectivity index (χ1v) is 6.41. The van der Waals surface area contributed by atoms with Crippen LogP contribution in [0.5, 0.6) is 0 Å². The lowest BCUT2D eigenvalue weighted by Gasteiger charge is -2.29. The summed E-state index contributed by atoms with van der Waals surface area (Å²) in [5, 5.41) is 30.6. The maximum Gasteiger partial charge on any atom is 0.134 e. The SMILES string of the molecule is CC(C)c1nc(Br)cc(NC(CO)(CO)CO)n1. The highest BCUT2D eigenvalue weighted by Gasteiger charge is 2.28. The summed E-state index contributed by atoms with van der Waals surface area (Å²) in [5.41, 5.74) is -1.19. The molecule has 0 unspecified atom stereocenters. The van der Waals surface area contributed by atoms with E-state index in [9.17, 15) is 15.3 Å². The van der Waals surface area contributed by atoms with Gasteiger partial charge in [-0.3, -0.25) is 0 Å². The lowest BCUT2D eigenvalue weighted by atomic mass is 10.0. The lowest BCUT2D eigenvalue weighted by molar-refractivity contribution is 0.0830. The van der Waals surface area contributed by atoms with Crippen molar-refractivity contribution in [1.82, 2.24) is 9.97 Å². The maximum absolute atomic E-state index is 9.25. The summed E-state index contributed by atoms with van der Waals surface area (Å²) in [6.45, 7) is 2.71. The van der Waals surface area contributed by atoms with E-state index in [2.05, 4.69) is 31.2 Å². The Morgan fingerprint density at radius 3 is 2.22 bits per heavy atom. The largest absolute Gasteiger partial charge is 0.394 e. The molecule has 0 fully saturated rings. The number of nitrogens with one attached hydrogen (secondary N) is 1. The van der Waals surface area contributed by atoms with Gasteiger partial charge in [-0.15, -0.1) is 0 Å². The molecule has 0 aliphatic carbocycles. The van der Waals surface area contributed by atoms with Crippen LogP contribution in [0.15, 0.2) is 10.7 Å². The number of anilines is 1. The van der Waals surface area contributed by atoms with Crippen molar-refractivity contribution >= 4 is 21.7 Å².